The maximum absolute atomic E-state index is 13.4. The van der Waals surface area contributed by atoms with Crippen LogP contribution in [0.3, 0.4) is 0 Å². The summed E-state index contributed by atoms with van der Waals surface area (Å²) in [6, 6.07) is 9.88. The number of hydrogen-bond acceptors (Lipinski definition) is 5. The van der Waals surface area contributed by atoms with Crippen LogP contribution >= 0.6 is 23.1 Å². The van der Waals surface area contributed by atoms with E-state index < -0.39 is 0 Å². The Balaban J connectivity index is 1.98. The second-order valence-corrected chi connectivity index (χ2v) is 8.54. The summed E-state index contributed by atoms with van der Waals surface area (Å²) in [4.78, 5) is 22.8. The SMILES string of the molecule is CCCSc1nc2sc3c(c2c(=O)n1-c1ccccc1)CCN(C)C3. The van der Waals surface area contributed by atoms with Gasteiger partial charge in [-0.2, -0.15) is 0 Å². The Kier molecular flexibility index (Phi) is 4.67. The van der Waals surface area contributed by atoms with Gasteiger partial charge >= 0.3 is 0 Å². The summed E-state index contributed by atoms with van der Waals surface area (Å²) in [5, 5.41) is 1.63. The second-order valence-electron chi connectivity index (χ2n) is 6.39. The van der Waals surface area contributed by atoms with E-state index in [-0.39, 0.29) is 5.56 Å². The van der Waals surface area contributed by atoms with Crippen LogP contribution in [0.25, 0.3) is 15.9 Å². The Hall–Kier alpha value is -1.63. The number of rotatable bonds is 4. The molecule has 0 fully saturated rings. The molecule has 1 aliphatic heterocycles. The van der Waals surface area contributed by atoms with Gasteiger partial charge < -0.3 is 4.90 Å². The lowest BCUT2D eigenvalue weighted by molar-refractivity contribution is 0.318. The predicted molar refractivity (Wildman–Crippen MR) is 106 cm³/mol. The van der Waals surface area contributed by atoms with Gasteiger partial charge in [0.2, 0.25) is 0 Å². The van der Waals surface area contributed by atoms with Crippen molar-refractivity contribution in [1.82, 2.24) is 14.5 Å². The van der Waals surface area contributed by atoms with Crippen molar-refractivity contribution >= 4 is 33.3 Å². The molecule has 3 aromatic rings. The standard InChI is InChI=1S/C19H21N3OS2/c1-3-11-24-19-20-17-16(14-9-10-21(2)12-15(14)25-17)18(23)22(19)13-7-5-4-6-8-13/h4-8H,3,9-12H2,1-2H3. The van der Waals surface area contributed by atoms with Gasteiger partial charge in [-0.1, -0.05) is 36.9 Å². The monoisotopic (exact) mass is 371 g/mol. The van der Waals surface area contributed by atoms with Crippen LogP contribution in [0.15, 0.2) is 40.3 Å². The quantitative estimate of drug-likeness (QED) is 0.514. The van der Waals surface area contributed by atoms with Gasteiger partial charge in [0.1, 0.15) is 4.83 Å². The lowest BCUT2D eigenvalue weighted by atomic mass is 10.1. The molecule has 0 unspecified atom stereocenters. The highest BCUT2D eigenvalue weighted by Gasteiger charge is 2.24. The molecule has 0 bridgehead atoms. The molecule has 0 N–H and O–H groups in total. The number of likely N-dealkylation sites (N-methyl/N-ethyl adjacent to an activating group) is 1. The van der Waals surface area contributed by atoms with Crippen LogP contribution in [0.4, 0.5) is 0 Å². The molecule has 0 aliphatic carbocycles. The van der Waals surface area contributed by atoms with Crippen molar-refractivity contribution < 1.29 is 0 Å². The van der Waals surface area contributed by atoms with Crippen molar-refractivity contribution in [3.05, 3.63) is 51.1 Å². The third kappa shape index (κ3) is 3.03. The summed E-state index contributed by atoms with van der Waals surface area (Å²) in [6.07, 6.45) is 1.98. The fourth-order valence-electron chi connectivity index (χ4n) is 3.25. The van der Waals surface area contributed by atoms with Gasteiger partial charge in [0.15, 0.2) is 5.16 Å². The Morgan fingerprint density at radius 1 is 1.28 bits per heavy atom. The number of thiophene rings is 1. The topological polar surface area (TPSA) is 38.1 Å². The minimum absolute atomic E-state index is 0.0804. The predicted octanol–water partition coefficient (Wildman–Crippen LogP) is 3.94. The molecule has 1 aliphatic rings. The number of aromatic nitrogens is 2. The molecule has 4 rings (SSSR count). The molecule has 2 aromatic heterocycles. The highest BCUT2D eigenvalue weighted by molar-refractivity contribution is 7.99. The van der Waals surface area contributed by atoms with Gasteiger partial charge in [-0.3, -0.25) is 9.36 Å². The van der Waals surface area contributed by atoms with Crippen molar-refractivity contribution in [2.24, 2.45) is 0 Å². The molecule has 130 valence electrons. The molecule has 0 saturated carbocycles. The van der Waals surface area contributed by atoms with Gasteiger partial charge in [0.05, 0.1) is 11.1 Å². The number of fused-ring (bicyclic) bond motifs is 3. The smallest absolute Gasteiger partial charge is 0.267 e. The van der Waals surface area contributed by atoms with Crippen molar-refractivity contribution in [1.29, 1.82) is 0 Å². The van der Waals surface area contributed by atoms with E-state index in [9.17, 15) is 4.79 Å². The number of hydrogen-bond donors (Lipinski definition) is 0. The van der Waals surface area contributed by atoms with E-state index in [1.54, 1.807) is 27.7 Å². The van der Waals surface area contributed by atoms with Crippen LogP contribution in [0.2, 0.25) is 0 Å². The third-order valence-corrected chi connectivity index (χ3v) is 6.74. The molecule has 6 heteroatoms. The number of benzene rings is 1. The third-order valence-electron chi connectivity index (χ3n) is 4.48. The first-order valence-electron chi connectivity index (χ1n) is 8.63. The highest BCUT2D eigenvalue weighted by atomic mass is 32.2. The molecule has 3 heterocycles. The van der Waals surface area contributed by atoms with E-state index in [4.69, 9.17) is 4.98 Å². The molecule has 0 amide bonds. The first-order chi connectivity index (χ1) is 12.2. The van der Waals surface area contributed by atoms with Crippen molar-refractivity contribution in [2.45, 2.75) is 31.5 Å². The maximum atomic E-state index is 13.4. The first kappa shape index (κ1) is 16.8. The van der Waals surface area contributed by atoms with Crippen molar-refractivity contribution in [3.8, 4) is 5.69 Å². The number of para-hydroxylation sites is 1. The van der Waals surface area contributed by atoms with Crippen molar-refractivity contribution in [2.75, 3.05) is 19.3 Å². The molecule has 1 aromatic carbocycles. The Morgan fingerprint density at radius 3 is 2.84 bits per heavy atom. The molecule has 0 saturated heterocycles. The van der Waals surface area contributed by atoms with E-state index in [1.165, 1.54) is 10.4 Å². The summed E-state index contributed by atoms with van der Waals surface area (Å²) in [7, 11) is 2.13. The highest BCUT2D eigenvalue weighted by Crippen LogP contribution is 2.33. The molecular formula is C19H21N3OS2. The van der Waals surface area contributed by atoms with Crippen molar-refractivity contribution in [3.63, 3.8) is 0 Å². The van der Waals surface area contributed by atoms with Gasteiger partial charge in [0, 0.05) is 23.7 Å². The Morgan fingerprint density at radius 2 is 2.08 bits per heavy atom. The molecule has 0 atom stereocenters. The molecule has 0 spiro atoms. The van der Waals surface area contributed by atoms with E-state index in [0.29, 0.717) is 0 Å². The van der Waals surface area contributed by atoms with Crippen LogP contribution in [0.1, 0.15) is 23.8 Å². The van der Waals surface area contributed by atoms with Gasteiger partial charge in [-0.15, -0.1) is 11.3 Å². The van der Waals surface area contributed by atoms with E-state index in [1.807, 2.05) is 30.3 Å². The zero-order valence-corrected chi connectivity index (χ0v) is 16.1. The fourth-order valence-corrected chi connectivity index (χ4v) is 5.45. The number of thioether (sulfide) groups is 1. The normalized spacial score (nSPS) is 14.8. The average molecular weight is 372 g/mol. The lowest BCUT2D eigenvalue weighted by Gasteiger charge is -2.21. The maximum Gasteiger partial charge on any atom is 0.267 e. The molecular weight excluding hydrogens is 350 g/mol. The van der Waals surface area contributed by atoms with Crippen LogP contribution in [-0.4, -0.2) is 33.8 Å². The van der Waals surface area contributed by atoms with Gasteiger partial charge in [-0.25, -0.2) is 4.98 Å². The zero-order valence-electron chi connectivity index (χ0n) is 14.5. The summed E-state index contributed by atoms with van der Waals surface area (Å²) in [6.45, 7) is 4.06. The zero-order chi connectivity index (χ0) is 17.4. The minimum atomic E-state index is 0.0804. The molecule has 4 nitrogen and oxygen atoms in total. The molecule has 0 radical (unpaired) electrons. The lowest BCUT2D eigenvalue weighted by Crippen LogP contribution is -2.27. The fraction of sp³-hybridized carbons (Fsp3) is 0.368. The molecule has 25 heavy (non-hydrogen) atoms. The van der Waals surface area contributed by atoms with Crippen LogP contribution in [-0.2, 0) is 13.0 Å². The van der Waals surface area contributed by atoms with Gasteiger partial charge in [0.25, 0.3) is 5.56 Å². The van der Waals surface area contributed by atoms with Crippen LogP contribution < -0.4 is 5.56 Å². The Labute approximate surface area is 155 Å². The Bertz CT molecular complexity index is 962. The summed E-state index contributed by atoms with van der Waals surface area (Å²) < 4.78 is 1.80. The summed E-state index contributed by atoms with van der Waals surface area (Å²) >= 11 is 3.36. The van der Waals surface area contributed by atoms with E-state index in [0.717, 1.165) is 52.7 Å². The first-order valence-corrected chi connectivity index (χ1v) is 10.4. The largest absolute Gasteiger partial charge is 0.301 e. The second kappa shape index (κ2) is 6.94. The minimum Gasteiger partial charge on any atom is -0.301 e. The summed E-state index contributed by atoms with van der Waals surface area (Å²) in [5.41, 5.74) is 2.19. The van der Waals surface area contributed by atoms with E-state index in [2.05, 4.69) is 18.9 Å². The van der Waals surface area contributed by atoms with Gasteiger partial charge in [-0.05, 0) is 37.6 Å². The van der Waals surface area contributed by atoms with Crippen LogP contribution in [0, 0.1) is 0 Å². The van der Waals surface area contributed by atoms with E-state index >= 15 is 0 Å². The average Bonchev–Trinajstić information content (AvgIpc) is 2.98. The van der Waals surface area contributed by atoms with Crippen LogP contribution in [0.5, 0.6) is 0 Å². The number of nitrogens with zero attached hydrogens (tertiary/aromatic N) is 3. The summed E-state index contributed by atoms with van der Waals surface area (Å²) in [5.74, 6) is 0.957.